The molecule has 0 spiro atoms. The lowest BCUT2D eigenvalue weighted by Crippen LogP contribution is -2.46. The van der Waals surface area contributed by atoms with Crippen molar-refractivity contribution in [2.75, 3.05) is 37.6 Å². The van der Waals surface area contributed by atoms with Crippen LogP contribution >= 0.6 is 11.6 Å². The Bertz CT molecular complexity index is 948. The SMILES string of the molecule is CCN1CCN(c2ccc(F)cc2C(C)NC(=O)c2ccc([N+](=O)[O-])cc2Cl)CC1. The van der Waals surface area contributed by atoms with E-state index in [4.69, 9.17) is 11.6 Å². The van der Waals surface area contributed by atoms with Crippen molar-refractivity contribution in [2.24, 2.45) is 0 Å². The number of likely N-dealkylation sites (N-methyl/N-ethyl adjacent to an activating group) is 1. The Balaban J connectivity index is 1.80. The number of nitrogens with zero attached hydrogens (tertiary/aromatic N) is 3. The highest BCUT2D eigenvalue weighted by atomic mass is 35.5. The monoisotopic (exact) mass is 434 g/mol. The number of amides is 1. The second kappa shape index (κ2) is 9.40. The molecule has 0 saturated carbocycles. The maximum atomic E-state index is 14.0. The number of halogens is 2. The summed E-state index contributed by atoms with van der Waals surface area (Å²) < 4.78 is 14.0. The lowest BCUT2D eigenvalue weighted by atomic mass is 10.0. The van der Waals surface area contributed by atoms with E-state index in [1.165, 1.54) is 24.3 Å². The van der Waals surface area contributed by atoms with E-state index in [0.717, 1.165) is 44.5 Å². The van der Waals surface area contributed by atoms with Gasteiger partial charge in [-0.05, 0) is 37.7 Å². The number of rotatable bonds is 6. The minimum absolute atomic E-state index is 0.0101. The van der Waals surface area contributed by atoms with Gasteiger partial charge in [-0.3, -0.25) is 14.9 Å². The van der Waals surface area contributed by atoms with Gasteiger partial charge in [0.1, 0.15) is 5.82 Å². The summed E-state index contributed by atoms with van der Waals surface area (Å²) in [5.74, 6) is -0.858. The van der Waals surface area contributed by atoms with Crippen molar-refractivity contribution in [3.63, 3.8) is 0 Å². The van der Waals surface area contributed by atoms with Crippen LogP contribution in [0.5, 0.6) is 0 Å². The van der Waals surface area contributed by atoms with Crippen molar-refractivity contribution in [2.45, 2.75) is 19.9 Å². The quantitative estimate of drug-likeness (QED) is 0.548. The van der Waals surface area contributed by atoms with Crippen LogP contribution in [-0.4, -0.2) is 48.5 Å². The third-order valence-electron chi connectivity index (χ3n) is 5.37. The standard InChI is InChI=1S/C21H24ClFN4O3/c1-3-25-8-10-26(11-9-25)20-7-4-15(23)12-18(20)14(2)24-21(28)17-6-5-16(27(29)30)13-19(17)22/h4-7,12-14H,3,8-11H2,1-2H3,(H,24,28). The largest absolute Gasteiger partial charge is 0.369 e. The van der Waals surface area contributed by atoms with Crippen LogP contribution < -0.4 is 10.2 Å². The number of hydrogen-bond acceptors (Lipinski definition) is 5. The molecule has 1 aliphatic heterocycles. The number of nitro benzene ring substituents is 1. The number of nitrogens with one attached hydrogen (secondary N) is 1. The van der Waals surface area contributed by atoms with Gasteiger partial charge < -0.3 is 15.1 Å². The van der Waals surface area contributed by atoms with Crippen LogP contribution in [0.15, 0.2) is 36.4 Å². The number of anilines is 1. The third-order valence-corrected chi connectivity index (χ3v) is 5.68. The molecule has 0 bridgehead atoms. The van der Waals surface area contributed by atoms with Gasteiger partial charge in [0.2, 0.25) is 0 Å². The summed E-state index contributed by atoms with van der Waals surface area (Å²) in [6, 6.07) is 7.80. The minimum atomic E-state index is -0.576. The van der Waals surface area contributed by atoms with Gasteiger partial charge >= 0.3 is 0 Å². The van der Waals surface area contributed by atoms with Crippen LogP contribution in [0.25, 0.3) is 0 Å². The summed E-state index contributed by atoms with van der Waals surface area (Å²) in [6.45, 7) is 8.38. The second-order valence-corrected chi connectivity index (χ2v) is 7.65. The molecule has 9 heteroatoms. The molecule has 2 aromatic carbocycles. The summed E-state index contributed by atoms with van der Waals surface area (Å²) >= 11 is 6.07. The molecule has 0 aromatic heterocycles. The van der Waals surface area contributed by atoms with Gasteiger partial charge in [-0.1, -0.05) is 18.5 Å². The van der Waals surface area contributed by atoms with Crippen molar-refractivity contribution < 1.29 is 14.1 Å². The van der Waals surface area contributed by atoms with E-state index in [0.29, 0.717) is 5.56 Å². The topological polar surface area (TPSA) is 78.7 Å². The average molecular weight is 435 g/mol. The zero-order valence-corrected chi connectivity index (χ0v) is 17.7. The first-order chi connectivity index (χ1) is 14.3. The summed E-state index contributed by atoms with van der Waals surface area (Å²) in [7, 11) is 0. The van der Waals surface area contributed by atoms with Crippen LogP contribution in [0.3, 0.4) is 0 Å². The molecule has 1 amide bonds. The van der Waals surface area contributed by atoms with Crippen LogP contribution in [0.1, 0.15) is 35.8 Å². The van der Waals surface area contributed by atoms with Gasteiger partial charge in [-0.2, -0.15) is 0 Å². The molecule has 1 heterocycles. The van der Waals surface area contributed by atoms with Crippen LogP contribution in [0.4, 0.5) is 15.8 Å². The maximum Gasteiger partial charge on any atom is 0.270 e. The van der Waals surface area contributed by atoms with Gasteiger partial charge in [0.25, 0.3) is 11.6 Å². The predicted molar refractivity (Wildman–Crippen MR) is 115 cm³/mol. The van der Waals surface area contributed by atoms with Gasteiger partial charge in [-0.15, -0.1) is 0 Å². The first-order valence-electron chi connectivity index (χ1n) is 9.81. The molecule has 1 unspecified atom stereocenters. The highest BCUT2D eigenvalue weighted by Crippen LogP contribution is 2.29. The second-order valence-electron chi connectivity index (χ2n) is 7.24. The molecule has 160 valence electrons. The minimum Gasteiger partial charge on any atom is -0.369 e. The smallest absolute Gasteiger partial charge is 0.270 e. The van der Waals surface area contributed by atoms with E-state index in [1.54, 1.807) is 13.0 Å². The molecule has 0 aliphatic carbocycles. The fraction of sp³-hybridized carbons (Fsp3) is 0.381. The van der Waals surface area contributed by atoms with Crippen molar-refractivity contribution in [1.29, 1.82) is 0 Å². The molecule has 2 aromatic rings. The molecule has 1 atom stereocenters. The summed E-state index contributed by atoms with van der Waals surface area (Å²) in [5.41, 5.74) is 1.49. The van der Waals surface area contributed by atoms with Gasteiger partial charge in [0.05, 0.1) is 21.6 Å². The fourth-order valence-corrected chi connectivity index (χ4v) is 3.88. The molecule has 1 aliphatic rings. The average Bonchev–Trinajstić information content (AvgIpc) is 2.73. The number of non-ortho nitro benzene ring substituents is 1. The molecular formula is C21H24ClFN4O3. The molecule has 0 radical (unpaired) electrons. The van der Waals surface area contributed by atoms with Crippen LogP contribution in [-0.2, 0) is 0 Å². The van der Waals surface area contributed by atoms with Crippen LogP contribution in [0, 0.1) is 15.9 Å². The Labute approximate surface area is 179 Å². The number of carbonyl (C=O) groups is 1. The number of benzene rings is 2. The Morgan fingerprint density at radius 1 is 1.23 bits per heavy atom. The Kier molecular flexibility index (Phi) is 6.89. The highest BCUT2D eigenvalue weighted by molar-refractivity contribution is 6.34. The third kappa shape index (κ3) is 4.88. The van der Waals surface area contributed by atoms with Gasteiger partial charge in [0, 0.05) is 49.6 Å². The first kappa shape index (κ1) is 22.0. The van der Waals surface area contributed by atoms with Crippen molar-refractivity contribution >= 4 is 28.9 Å². The van der Waals surface area contributed by atoms with E-state index in [-0.39, 0.29) is 22.1 Å². The Morgan fingerprint density at radius 2 is 1.93 bits per heavy atom. The maximum absolute atomic E-state index is 14.0. The number of piperazine rings is 1. The highest BCUT2D eigenvalue weighted by Gasteiger charge is 2.23. The van der Waals surface area contributed by atoms with E-state index >= 15 is 0 Å². The number of hydrogen-bond donors (Lipinski definition) is 1. The van der Waals surface area contributed by atoms with E-state index in [9.17, 15) is 19.3 Å². The van der Waals surface area contributed by atoms with Crippen molar-refractivity contribution in [3.05, 3.63) is 68.5 Å². The van der Waals surface area contributed by atoms with Gasteiger partial charge in [-0.25, -0.2) is 4.39 Å². The predicted octanol–water partition coefficient (Wildman–Crippen LogP) is 4.02. The molecule has 7 nitrogen and oxygen atoms in total. The van der Waals surface area contributed by atoms with Gasteiger partial charge in [0.15, 0.2) is 0 Å². The van der Waals surface area contributed by atoms with E-state index in [2.05, 4.69) is 22.0 Å². The van der Waals surface area contributed by atoms with E-state index < -0.39 is 16.9 Å². The van der Waals surface area contributed by atoms with E-state index in [1.807, 2.05) is 0 Å². The lowest BCUT2D eigenvalue weighted by molar-refractivity contribution is -0.384. The fourth-order valence-electron chi connectivity index (χ4n) is 3.62. The van der Waals surface area contributed by atoms with Crippen molar-refractivity contribution in [3.8, 4) is 0 Å². The first-order valence-corrected chi connectivity index (χ1v) is 10.2. The lowest BCUT2D eigenvalue weighted by Gasteiger charge is -2.37. The number of carbonyl (C=O) groups excluding carboxylic acids is 1. The summed E-state index contributed by atoms with van der Waals surface area (Å²) in [4.78, 5) is 27.5. The van der Waals surface area contributed by atoms with Crippen LogP contribution in [0.2, 0.25) is 5.02 Å². The summed E-state index contributed by atoms with van der Waals surface area (Å²) in [6.07, 6.45) is 0. The molecule has 1 N–H and O–H groups in total. The molecule has 1 saturated heterocycles. The number of nitro groups is 1. The summed E-state index contributed by atoms with van der Waals surface area (Å²) in [5, 5.41) is 13.7. The zero-order chi connectivity index (χ0) is 21.8. The Morgan fingerprint density at radius 3 is 2.53 bits per heavy atom. The van der Waals surface area contributed by atoms with Crippen molar-refractivity contribution in [1.82, 2.24) is 10.2 Å². The molecule has 30 heavy (non-hydrogen) atoms. The molecule has 3 rings (SSSR count). The molecular weight excluding hydrogens is 411 g/mol. The molecule has 1 fully saturated rings. The normalized spacial score (nSPS) is 15.7. The zero-order valence-electron chi connectivity index (χ0n) is 16.9. The Hall–Kier alpha value is -2.71.